The fourth-order valence-electron chi connectivity index (χ4n) is 2.01. The van der Waals surface area contributed by atoms with Crippen LogP contribution in [0.2, 0.25) is 0 Å². The highest BCUT2D eigenvalue weighted by Gasteiger charge is 2.14. The molecule has 2 aromatic rings. The lowest BCUT2D eigenvalue weighted by molar-refractivity contribution is 0.201. The summed E-state index contributed by atoms with van der Waals surface area (Å²) in [5.41, 5.74) is 1.04. The van der Waals surface area contributed by atoms with E-state index in [1.807, 2.05) is 12.1 Å². The second-order valence-corrected chi connectivity index (χ2v) is 3.80. The quantitative estimate of drug-likeness (QED) is 0.708. The Bertz CT molecular complexity index is 599. The molecule has 16 heavy (non-hydrogen) atoms. The maximum atomic E-state index is 9.39. The number of ether oxygens (including phenoxy) is 1. The zero-order chi connectivity index (χ0) is 11.1. The van der Waals surface area contributed by atoms with Gasteiger partial charge in [0.1, 0.15) is 11.5 Å². The van der Waals surface area contributed by atoms with Gasteiger partial charge in [-0.15, -0.1) is 0 Å². The minimum Gasteiger partial charge on any atom is -0.508 e. The number of aliphatic hydroxyl groups is 1. The van der Waals surface area contributed by atoms with Crippen molar-refractivity contribution in [2.75, 3.05) is 0 Å². The van der Waals surface area contributed by atoms with Crippen LogP contribution in [0.5, 0.6) is 11.5 Å². The van der Waals surface area contributed by atoms with E-state index in [0.29, 0.717) is 12.2 Å². The fourth-order valence-corrected chi connectivity index (χ4v) is 2.01. The van der Waals surface area contributed by atoms with Crippen molar-refractivity contribution in [2.45, 2.75) is 6.42 Å². The molecule has 1 aliphatic heterocycles. The van der Waals surface area contributed by atoms with E-state index < -0.39 is 0 Å². The fraction of sp³-hybridized carbons (Fsp3) is 0.0769. The topological polar surface area (TPSA) is 49.7 Å². The molecule has 0 fully saturated rings. The summed E-state index contributed by atoms with van der Waals surface area (Å²) in [5, 5.41) is 20.7. The molecule has 0 spiro atoms. The Hall–Kier alpha value is -2.16. The molecule has 1 aliphatic rings. The van der Waals surface area contributed by atoms with Gasteiger partial charge in [-0.25, -0.2) is 0 Å². The number of allylic oxidation sites excluding steroid dienone is 1. The first kappa shape index (κ1) is 9.09. The van der Waals surface area contributed by atoms with Crippen LogP contribution in [0.1, 0.15) is 5.56 Å². The second-order valence-electron chi connectivity index (χ2n) is 3.80. The van der Waals surface area contributed by atoms with Gasteiger partial charge in [0.2, 0.25) is 0 Å². The van der Waals surface area contributed by atoms with E-state index >= 15 is 0 Å². The van der Waals surface area contributed by atoms with Gasteiger partial charge in [-0.05, 0) is 29.0 Å². The van der Waals surface area contributed by atoms with E-state index in [4.69, 9.17) is 4.74 Å². The van der Waals surface area contributed by atoms with Gasteiger partial charge >= 0.3 is 0 Å². The van der Waals surface area contributed by atoms with E-state index in [0.717, 1.165) is 16.3 Å². The molecule has 0 amide bonds. The van der Waals surface area contributed by atoms with Crippen LogP contribution < -0.4 is 4.74 Å². The molecule has 0 radical (unpaired) electrons. The van der Waals surface area contributed by atoms with Gasteiger partial charge in [-0.2, -0.15) is 0 Å². The minimum absolute atomic E-state index is 0.0503. The summed E-state index contributed by atoms with van der Waals surface area (Å²) in [6.07, 6.45) is 2.28. The van der Waals surface area contributed by atoms with Gasteiger partial charge in [0.05, 0.1) is 0 Å². The summed E-state index contributed by atoms with van der Waals surface area (Å²) in [6, 6.07) is 8.91. The molecule has 0 saturated heterocycles. The van der Waals surface area contributed by atoms with Crippen molar-refractivity contribution in [1.82, 2.24) is 0 Å². The van der Waals surface area contributed by atoms with Gasteiger partial charge in [0.15, 0.2) is 0 Å². The first-order chi connectivity index (χ1) is 7.74. The number of hydrogen-bond donors (Lipinski definition) is 2. The zero-order valence-electron chi connectivity index (χ0n) is 8.47. The van der Waals surface area contributed by atoms with Crippen LogP contribution in [-0.2, 0) is 6.42 Å². The Kier molecular flexibility index (Phi) is 1.80. The van der Waals surface area contributed by atoms with Gasteiger partial charge in [-0.3, -0.25) is 0 Å². The summed E-state index contributed by atoms with van der Waals surface area (Å²) < 4.78 is 5.22. The number of fused-ring (bicyclic) bond motifs is 3. The number of benzene rings is 2. The zero-order valence-corrected chi connectivity index (χ0v) is 8.47. The number of aliphatic hydroxyl groups excluding tert-OH is 1. The van der Waals surface area contributed by atoms with E-state index in [2.05, 4.69) is 0 Å². The van der Waals surface area contributed by atoms with Crippen LogP contribution in [0, 0.1) is 0 Å². The van der Waals surface area contributed by atoms with E-state index in [9.17, 15) is 10.2 Å². The first-order valence-corrected chi connectivity index (χ1v) is 5.05. The molecule has 0 aliphatic carbocycles. The molecule has 3 heteroatoms. The van der Waals surface area contributed by atoms with Crippen molar-refractivity contribution in [3.8, 4) is 11.5 Å². The Morgan fingerprint density at radius 3 is 2.81 bits per heavy atom. The lowest BCUT2D eigenvalue weighted by atomic mass is 10.00. The molecule has 3 rings (SSSR count). The van der Waals surface area contributed by atoms with Gasteiger partial charge < -0.3 is 14.9 Å². The molecule has 3 nitrogen and oxygen atoms in total. The monoisotopic (exact) mass is 214 g/mol. The molecule has 0 aromatic heterocycles. The first-order valence-electron chi connectivity index (χ1n) is 5.05. The average molecular weight is 214 g/mol. The molecule has 0 atom stereocenters. The summed E-state index contributed by atoms with van der Waals surface area (Å²) >= 11 is 0. The van der Waals surface area contributed by atoms with Crippen LogP contribution in [0.3, 0.4) is 0 Å². The third-order valence-electron chi connectivity index (χ3n) is 2.77. The third kappa shape index (κ3) is 1.29. The molecule has 2 N–H and O–H groups in total. The van der Waals surface area contributed by atoms with E-state index in [1.54, 1.807) is 24.3 Å². The predicted molar refractivity (Wildman–Crippen MR) is 60.7 cm³/mol. The summed E-state index contributed by atoms with van der Waals surface area (Å²) in [5.74, 6) is 0.881. The van der Waals surface area contributed by atoms with Gasteiger partial charge in [0.25, 0.3) is 5.95 Å². The van der Waals surface area contributed by atoms with Crippen molar-refractivity contribution in [3.63, 3.8) is 0 Å². The van der Waals surface area contributed by atoms with E-state index in [-0.39, 0.29) is 11.7 Å². The van der Waals surface area contributed by atoms with Crippen molar-refractivity contribution in [1.29, 1.82) is 0 Å². The molecule has 1 heterocycles. The van der Waals surface area contributed by atoms with E-state index in [1.165, 1.54) is 0 Å². The summed E-state index contributed by atoms with van der Waals surface area (Å²) in [7, 11) is 0. The lowest BCUT2D eigenvalue weighted by Gasteiger charge is -2.16. The van der Waals surface area contributed by atoms with Crippen LogP contribution in [-0.4, -0.2) is 10.2 Å². The highest BCUT2D eigenvalue weighted by atomic mass is 16.6. The number of phenols is 1. The molecule has 2 aromatic carbocycles. The molecule has 80 valence electrons. The SMILES string of the molecule is OC1=CCc2c(ccc3cc(O)ccc23)O1. The number of rotatable bonds is 0. The second kappa shape index (κ2) is 3.17. The Balaban J connectivity index is 2.27. The maximum Gasteiger partial charge on any atom is 0.278 e. The molecular weight excluding hydrogens is 204 g/mol. The smallest absolute Gasteiger partial charge is 0.278 e. The van der Waals surface area contributed by atoms with Gasteiger partial charge in [-0.1, -0.05) is 12.1 Å². The standard InChI is InChI=1S/C13H10O3/c14-9-2-3-10-8(7-9)1-5-12-11(10)4-6-13(15)16-12/h1-3,5-7,14-15H,4H2. The van der Waals surface area contributed by atoms with Crippen LogP contribution in [0.25, 0.3) is 10.8 Å². The van der Waals surface area contributed by atoms with Crippen molar-refractivity contribution < 1.29 is 14.9 Å². The van der Waals surface area contributed by atoms with Crippen LogP contribution in [0.15, 0.2) is 42.4 Å². The maximum absolute atomic E-state index is 9.39. The lowest BCUT2D eigenvalue weighted by Crippen LogP contribution is -2.04. The minimum atomic E-state index is -0.0503. The number of aromatic hydroxyl groups is 1. The molecule has 0 bridgehead atoms. The molecule has 0 saturated carbocycles. The third-order valence-corrected chi connectivity index (χ3v) is 2.77. The Morgan fingerprint density at radius 1 is 1.06 bits per heavy atom. The van der Waals surface area contributed by atoms with Gasteiger partial charge in [0, 0.05) is 18.1 Å². The number of phenolic OH excluding ortho intramolecular Hbond substituents is 1. The molecule has 0 unspecified atom stereocenters. The van der Waals surface area contributed by atoms with Crippen molar-refractivity contribution in [2.24, 2.45) is 0 Å². The summed E-state index contributed by atoms with van der Waals surface area (Å²) in [6.45, 7) is 0. The summed E-state index contributed by atoms with van der Waals surface area (Å²) in [4.78, 5) is 0. The Labute approximate surface area is 92.2 Å². The highest BCUT2D eigenvalue weighted by Crippen LogP contribution is 2.33. The number of hydrogen-bond acceptors (Lipinski definition) is 3. The normalized spacial score (nSPS) is 14.1. The average Bonchev–Trinajstić information content (AvgIpc) is 2.28. The van der Waals surface area contributed by atoms with Crippen LogP contribution >= 0.6 is 0 Å². The largest absolute Gasteiger partial charge is 0.508 e. The molecular formula is C13H10O3. The van der Waals surface area contributed by atoms with Crippen molar-refractivity contribution >= 4 is 10.8 Å². The van der Waals surface area contributed by atoms with Crippen LogP contribution in [0.4, 0.5) is 0 Å². The van der Waals surface area contributed by atoms with Crippen molar-refractivity contribution in [3.05, 3.63) is 47.9 Å². The Morgan fingerprint density at radius 2 is 1.94 bits per heavy atom. The predicted octanol–water partition coefficient (Wildman–Crippen LogP) is 2.88. The highest BCUT2D eigenvalue weighted by molar-refractivity contribution is 5.89.